The monoisotopic (exact) mass is 301 g/mol. The first-order valence-electron chi connectivity index (χ1n) is 8.82. The molecule has 0 saturated carbocycles. The second-order valence-electron chi connectivity index (χ2n) is 7.67. The number of benzene rings is 1. The molecule has 3 rings (SSSR count). The van der Waals surface area contributed by atoms with Gasteiger partial charge in [0.2, 0.25) is 0 Å². The van der Waals surface area contributed by atoms with Crippen molar-refractivity contribution in [3.8, 4) is 0 Å². The van der Waals surface area contributed by atoms with E-state index in [0.717, 1.165) is 12.6 Å². The maximum Gasteiger partial charge on any atom is 0.0234 e. The van der Waals surface area contributed by atoms with Crippen LogP contribution in [0.4, 0.5) is 0 Å². The van der Waals surface area contributed by atoms with Crippen LogP contribution in [0.5, 0.6) is 0 Å². The summed E-state index contributed by atoms with van der Waals surface area (Å²) in [5.74, 6) is 0. The van der Waals surface area contributed by atoms with E-state index in [1.807, 2.05) is 0 Å². The summed E-state index contributed by atoms with van der Waals surface area (Å²) in [5, 5.41) is 3.53. The molecule has 2 aliphatic rings. The molecule has 0 amide bonds. The van der Waals surface area contributed by atoms with Crippen LogP contribution in [0, 0.1) is 5.41 Å². The molecule has 0 aliphatic carbocycles. The lowest BCUT2D eigenvalue weighted by Crippen LogP contribution is -2.49. The molecule has 3 nitrogen and oxygen atoms in total. The van der Waals surface area contributed by atoms with Crippen molar-refractivity contribution >= 4 is 0 Å². The third-order valence-electron chi connectivity index (χ3n) is 5.44. The molecule has 2 heterocycles. The molecule has 2 fully saturated rings. The van der Waals surface area contributed by atoms with Gasteiger partial charge in [-0.1, -0.05) is 37.3 Å². The Balaban J connectivity index is 1.53. The first kappa shape index (κ1) is 16.0. The van der Waals surface area contributed by atoms with Gasteiger partial charge in [0, 0.05) is 32.2 Å². The first-order chi connectivity index (χ1) is 10.6. The summed E-state index contributed by atoms with van der Waals surface area (Å²) in [7, 11) is 2.33. The van der Waals surface area contributed by atoms with Crippen molar-refractivity contribution < 1.29 is 0 Å². The van der Waals surface area contributed by atoms with Crippen LogP contribution in [0.25, 0.3) is 0 Å². The number of rotatable bonds is 5. The van der Waals surface area contributed by atoms with E-state index in [0.29, 0.717) is 5.41 Å². The minimum atomic E-state index is 0.469. The molecular weight excluding hydrogens is 270 g/mol. The fourth-order valence-electron chi connectivity index (χ4n) is 4.11. The van der Waals surface area contributed by atoms with E-state index < -0.39 is 0 Å². The second-order valence-corrected chi connectivity index (χ2v) is 7.67. The van der Waals surface area contributed by atoms with Gasteiger partial charge in [-0.05, 0) is 50.4 Å². The average molecular weight is 301 g/mol. The lowest BCUT2D eigenvalue weighted by molar-refractivity contribution is 0.0841. The minimum absolute atomic E-state index is 0.469. The quantitative estimate of drug-likeness (QED) is 0.902. The third kappa shape index (κ3) is 4.09. The van der Waals surface area contributed by atoms with Crippen molar-refractivity contribution in [2.45, 2.75) is 38.8 Å². The molecule has 0 aromatic heterocycles. The fourth-order valence-corrected chi connectivity index (χ4v) is 4.11. The Hall–Kier alpha value is -0.900. The SMILES string of the molecule is CN(CC1(C)CCNC1)C1CCCN(Cc2ccccc2)C1. The summed E-state index contributed by atoms with van der Waals surface area (Å²) < 4.78 is 0. The Morgan fingerprint density at radius 1 is 1.32 bits per heavy atom. The van der Waals surface area contributed by atoms with Crippen molar-refractivity contribution in [3.63, 3.8) is 0 Å². The van der Waals surface area contributed by atoms with Crippen molar-refractivity contribution in [3.05, 3.63) is 35.9 Å². The van der Waals surface area contributed by atoms with Gasteiger partial charge in [-0.15, -0.1) is 0 Å². The highest BCUT2D eigenvalue weighted by molar-refractivity contribution is 5.14. The summed E-state index contributed by atoms with van der Waals surface area (Å²) in [6.07, 6.45) is 4.00. The summed E-state index contributed by atoms with van der Waals surface area (Å²) in [6.45, 7) is 9.60. The fraction of sp³-hybridized carbons (Fsp3) is 0.684. The van der Waals surface area contributed by atoms with E-state index in [9.17, 15) is 0 Å². The lowest BCUT2D eigenvalue weighted by atomic mass is 9.88. The molecule has 2 saturated heterocycles. The number of likely N-dealkylation sites (N-methyl/N-ethyl adjacent to an activating group) is 1. The van der Waals surface area contributed by atoms with Crippen molar-refractivity contribution in [1.82, 2.24) is 15.1 Å². The van der Waals surface area contributed by atoms with Gasteiger partial charge in [0.05, 0.1) is 0 Å². The van der Waals surface area contributed by atoms with Crippen LogP contribution in [0.3, 0.4) is 0 Å². The smallest absolute Gasteiger partial charge is 0.0234 e. The largest absolute Gasteiger partial charge is 0.316 e. The molecule has 3 heteroatoms. The molecule has 1 aromatic carbocycles. The molecule has 22 heavy (non-hydrogen) atoms. The van der Waals surface area contributed by atoms with E-state index in [-0.39, 0.29) is 0 Å². The van der Waals surface area contributed by atoms with E-state index in [4.69, 9.17) is 0 Å². The lowest BCUT2D eigenvalue weighted by Gasteiger charge is -2.40. The highest BCUT2D eigenvalue weighted by Gasteiger charge is 2.32. The summed E-state index contributed by atoms with van der Waals surface area (Å²) in [6, 6.07) is 11.6. The van der Waals surface area contributed by atoms with Crippen molar-refractivity contribution in [2.24, 2.45) is 5.41 Å². The molecule has 0 spiro atoms. The van der Waals surface area contributed by atoms with Crippen LogP contribution in [0.1, 0.15) is 31.7 Å². The van der Waals surface area contributed by atoms with Gasteiger partial charge >= 0.3 is 0 Å². The van der Waals surface area contributed by atoms with E-state index in [1.54, 1.807) is 0 Å². The Labute approximate surface area is 135 Å². The van der Waals surface area contributed by atoms with E-state index in [2.05, 4.69) is 59.4 Å². The standard InChI is InChI=1S/C19H31N3/c1-19(10-11-20-15-19)16-21(2)18-9-6-12-22(14-18)13-17-7-4-3-5-8-17/h3-5,7-8,18,20H,6,9-16H2,1-2H3. The summed E-state index contributed by atoms with van der Waals surface area (Å²) >= 11 is 0. The Morgan fingerprint density at radius 3 is 2.86 bits per heavy atom. The molecular formula is C19H31N3. The molecule has 1 aromatic rings. The van der Waals surface area contributed by atoms with Crippen LogP contribution in [-0.4, -0.2) is 55.6 Å². The van der Waals surface area contributed by atoms with Gasteiger partial charge in [0.25, 0.3) is 0 Å². The Bertz CT molecular complexity index is 453. The van der Waals surface area contributed by atoms with Crippen molar-refractivity contribution in [1.29, 1.82) is 0 Å². The number of nitrogens with one attached hydrogen (secondary N) is 1. The van der Waals surface area contributed by atoms with Crippen LogP contribution >= 0.6 is 0 Å². The molecule has 2 atom stereocenters. The maximum atomic E-state index is 3.53. The second kappa shape index (κ2) is 7.12. The maximum absolute atomic E-state index is 3.53. The van der Waals surface area contributed by atoms with Crippen LogP contribution < -0.4 is 5.32 Å². The summed E-state index contributed by atoms with van der Waals surface area (Å²) in [5.41, 5.74) is 1.91. The first-order valence-corrected chi connectivity index (χ1v) is 8.82. The van der Waals surface area contributed by atoms with Gasteiger partial charge in [-0.3, -0.25) is 4.90 Å². The average Bonchev–Trinajstić information content (AvgIpc) is 2.95. The highest BCUT2D eigenvalue weighted by Crippen LogP contribution is 2.27. The number of piperidine rings is 1. The van der Waals surface area contributed by atoms with Gasteiger partial charge in [-0.25, -0.2) is 0 Å². The topological polar surface area (TPSA) is 18.5 Å². The van der Waals surface area contributed by atoms with Gasteiger partial charge in [0.1, 0.15) is 0 Å². The van der Waals surface area contributed by atoms with E-state index in [1.165, 1.54) is 57.5 Å². The molecule has 2 aliphatic heterocycles. The van der Waals surface area contributed by atoms with Crippen LogP contribution in [0.2, 0.25) is 0 Å². The minimum Gasteiger partial charge on any atom is -0.316 e. The van der Waals surface area contributed by atoms with Crippen LogP contribution in [-0.2, 0) is 6.54 Å². The van der Waals surface area contributed by atoms with Gasteiger partial charge in [-0.2, -0.15) is 0 Å². The highest BCUT2D eigenvalue weighted by atomic mass is 15.2. The normalized spacial score (nSPS) is 30.0. The van der Waals surface area contributed by atoms with Crippen LogP contribution in [0.15, 0.2) is 30.3 Å². The van der Waals surface area contributed by atoms with E-state index >= 15 is 0 Å². The van der Waals surface area contributed by atoms with Crippen molar-refractivity contribution in [2.75, 3.05) is 39.8 Å². The Kier molecular flexibility index (Phi) is 5.17. The molecule has 0 bridgehead atoms. The third-order valence-corrected chi connectivity index (χ3v) is 5.44. The zero-order chi connectivity index (χ0) is 15.4. The molecule has 0 radical (unpaired) electrons. The number of likely N-dealkylation sites (tertiary alicyclic amines) is 1. The summed E-state index contributed by atoms with van der Waals surface area (Å²) in [4.78, 5) is 5.26. The number of nitrogens with zero attached hydrogens (tertiary/aromatic N) is 2. The zero-order valence-electron chi connectivity index (χ0n) is 14.2. The van der Waals surface area contributed by atoms with Gasteiger partial charge in [0.15, 0.2) is 0 Å². The molecule has 122 valence electrons. The molecule has 2 unspecified atom stereocenters. The predicted octanol–water partition coefficient (Wildman–Crippen LogP) is 2.58. The zero-order valence-corrected chi connectivity index (χ0v) is 14.2. The predicted molar refractivity (Wildman–Crippen MR) is 93.0 cm³/mol. The molecule has 1 N–H and O–H groups in total. The number of hydrogen-bond donors (Lipinski definition) is 1. The Morgan fingerprint density at radius 2 is 2.14 bits per heavy atom. The number of hydrogen-bond acceptors (Lipinski definition) is 3. The van der Waals surface area contributed by atoms with Gasteiger partial charge < -0.3 is 10.2 Å².